The van der Waals surface area contributed by atoms with Crippen LogP contribution in [0.15, 0.2) is 18.2 Å². The van der Waals surface area contributed by atoms with Gasteiger partial charge in [-0.25, -0.2) is 0 Å². The molecule has 1 aromatic carbocycles. The molecule has 6 heteroatoms. The summed E-state index contributed by atoms with van der Waals surface area (Å²) in [6, 6.07) is 5.46. The molecule has 2 rings (SSSR count). The number of hydrogen-bond acceptors (Lipinski definition) is 3. The van der Waals surface area contributed by atoms with Crippen LogP contribution >= 0.6 is 0 Å². The van der Waals surface area contributed by atoms with E-state index >= 15 is 0 Å². The summed E-state index contributed by atoms with van der Waals surface area (Å²) in [5.41, 5.74) is 2.14. The van der Waals surface area contributed by atoms with Gasteiger partial charge < -0.3 is 15.0 Å². The Morgan fingerprint density at radius 3 is 2.55 bits per heavy atom. The average Bonchev–Trinajstić information content (AvgIpc) is 2.38. The fraction of sp³-hybridized carbons (Fsp3) is 0.571. The van der Waals surface area contributed by atoms with Crippen LogP contribution in [0.5, 0.6) is 5.75 Å². The molecule has 1 fully saturated rings. The zero-order chi connectivity index (χ0) is 14.6. The second-order valence-electron chi connectivity index (χ2n) is 4.90. The Hall–Kier alpha value is -1.43. The largest absolute Gasteiger partial charge is 0.493 e. The van der Waals surface area contributed by atoms with E-state index in [2.05, 4.69) is 10.2 Å². The number of piperazine rings is 1. The van der Waals surface area contributed by atoms with Crippen LogP contribution in [-0.2, 0) is 0 Å². The summed E-state index contributed by atoms with van der Waals surface area (Å²) in [7, 11) is 0. The van der Waals surface area contributed by atoms with Crippen LogP contribution in [-0.4, -0.2) is 39.0 Å². The lowest BCUT2D eigenvalue weighted by Crippen LogP contribution is -2.43. The molecule has 0 unspecified atom stereocenters. The number of aryl methyl sites for hydroxylation is 1. The first-order valence-electron chi connectivity index (χ1n) is 6.71. The number of ether oxygens (including phenoxy) is 1. The first kappa shape index (κ1) is 15.0. The van der Waals surface area contributed by atoms with E-state index in [1.54, 1.807) is 12.1 Å². The molecular weight excluding hydrogens is 269 g/mol. The maximum absolute atomic E-state index is 12.1. The summed E-state index contributed by atoms with van der Waals surface area (Å²) < 4.78 is 41.3. The van der Waals surface area contributed by atoms with E-state index in [-0.39, 0.29) is 6.61 Å². The van der Waals surface area contributed by atoms with Crippen molar-refractivity contribution >= 4 is 5.69 Å². The average molecular weight is 288 g/mol. The number of nitrogens with zero attached hydrogens (tertiary/aromatic N) is 1. The van der Waals surface area contributed by atoms with Crippen molar-refractivity contribution in [3.8, 4) is 5.75 Å². The maximum Gasteiger partial charge on any atom is 0.392 e. The SMILES string of the molecule is Cc1cc(OCCC(F)(F)F)ccc1N1CCNCC1. The predicted octanol–water partition coefficient (Wildman–Crippen LogP) is 2.74. The van der Waals surface area contributed by atoms with Gasteiger partial charge in [-0.2, -0.15) is 13.2 Å². The van der Waals surface area contributed by atoms with E-state index in [9.17, 15) is 13.2 Å². The van der Waals surface area contributed by atoms with Crippen molar-refractivity contribution in [3.63, 3.8) is 0 Å². The van der Waals surface area contributed by atoms with E-state index in [1.807, 2.05) is 13.0 Å². The minimum absolute atomic E-state index is 0.337. The van der Waals surface area contributed by atoms with Crippen LogP contribution < -0.4 is 15.0 Å². The number of benzene rings is 1. The van der Waals surface area contributed by atoms with Crippen molar-refractivity contribution in [1.29, 1.82) is 0 Å². The molecule has 0 bridgehead atoms. The van der Waals surface area contributed by atoms with Gasteiger partial charge in [-0.15, -0.1) is 0 Å². The summed E-state index contributed by atoms with van der Waals surface area (Å²) in [6.45, 7) is 5.39. The highest BCUT2D eigenvalue weighted by Crippen LogP contribution is 2.26. The third-order valence-electron chi connectivity index (χ3n) is 3.28. The molecule has 1 heterocycles. The van der Waals surface area contributed by atoms with Crippen LogP contribution in [0.2, 0.25) is 0 Å². The number of nitrogens with one attached hydrogen (secondary N) is 1. The molecule has 1 N–H and O–H groups in total. The van der Waals surface area contributed by atoms with Gasteiger partial charge in [-0.05, 0) is 30.7 Å². The van der Waals surface area contributed by atoms with Gasteiger partial charge in [0, 0.05) is 31.9 Å². The lowest BCUT2D eigenvalue weighted by Gasteiger charge is -2.30. The molecule has 3 nitrogen and oxygen atoms in total. The van der Waals surface area contributed by atoms with Crippen molar-refractivity contribution in [2.75, 3.05) is 37.7 Å². The molecule has 1 aromatic rings. The van der Waals surface area contributed by atoms with Crippen molar-refractivity contribution in [3.05, 3.63) is 23.8 Å². The second kappa shape index (κ2) is 6.35. The summed E-state index contributed by atoms with van der Waals surface area (Å²) in [6.07, 6.45) is -5.10. The van der Waals surface area contributed by atoms with Gasteiger partial charge in [0.1, 0.15) is 5.75 Å². The topological polar surface area (TPSA) is 24.5 Å². The third-order valence-corrected chi connectivity index (χ3v) is 3.28. The quantitative estimate of drug-likeness (QED) is 0.922. The molecule has 0 saturated carbocycles. The highest BCUT2D eigenvalue weighted by molar-refractivity contribution is 5.56. The van der Waals surface area contributed by atoms with Gasteiger partial charge in [-0.3, -0.25) is 0 Å². The number of anilines is 1. The fourth-order valence-corrected chi connectivity index (χ4v) is 2.26. The third kappa shape index (κ3) is 4.30. The van der Waals surface area contributed by atoms with E-state index in [0.717, 1.165) is 37.4 Å². The number of alkyl halides is 3. The Labute approximate surface area is 116 Å². The second-order valence-corrected chi connectivity index (χ2v) is 4.90. The first-order chi connectivity index (χ1) is 9.46. The smallest absolute Gasteiger partial charge is 0.392 e. The molecule has 0 spiro atoms. The molecule has 0 amide bonds. The molecule has 20 heavy (non-hydrogen) atoms. The number of hydrogen-bond donors (Lipinski definition) is 1. The van der Waals surface area contributed by atoms with Gasteiger partial charge >= 0.3 is 6.18 Å². The summed E-state index contributed by atoms with van der Waals surface area (Å²) >= 11 is 0. The van der Waals surface area contributed by atoms with E-state index in [4.69, 9.17) is 4.74 Å². The van der Waals surface area contributed by atoms with Crippen LogP contribution in [0.25, 0.3) is 0 Å². The molecule has 112 valence electrons. The molecule has 1 saturated heterocycles. The van der Waals surface area contributed by atoms with Crippen molar-refractivity contribution in [2.45, 2.75) is 19.5 Å². The lowest BCUT2D eigenvalue weighted by atomic mass is 10.1. The Morgan fingerprint density at radius 1 is 1.25 bits per heavy atom. The molecule has 0 aromatic heterocycles. The minimum atomic E-state index is -4.17. The predicted molar refractivity (Wildman–Crippen MR) is 72.4 cm³/mol. The lowest BCUT2D eigenvalue weighted by molar-refractivity contribution is -0.139. The summed E-state index contributed by atoms with van der Waals surface area (Å²) in [4.78, 5) is 2.27. The monoisotopic (exact) mass is 288 g/mol. The molecular formula is C14H19F3N2O. The van der Waals surface area contributed by atoms with Crippen LogP contribution in [0.3, 0.4) is 0 Å². The van der Waals surface area contributed by atoms with Gasteiger partial charge in [0.2, 0.25) is 0 Å². The first-order valence-corrected chi connectivity index (χ1v) is 6.71. The number of halogens is 3. The Kier molecular flexibility index (Phi) is 4.75. The Balaban J connectivity index is 1.95. The zero-order valence-electron chi connectivity index (χ0n) is 11.5. The Morgan fingerprint density at radius 2 is 1.95 bits per heavy atom. The normalized spacial score (nSPS) is 16.3. The van der Waals surface area contributed by atoms with Crippen LogP contribution in [0, 0.1) is 6.92 Å². The van der Waals surface area contributed by atoms with Crippen molar-refractivity contribution in [1.82, 2.24) is 5.32 Å². The van der Waals surface area contributed by atoms with Gasteiger partial charge in [-0.1, -0.05) is 0 Å². The van der Waals surface area contributed by atoms with Crippen LogP contribution in [0.4, 0.5) is 18.9 Å². The highest BCUT2D eigenvalue weighted by atomic mass is 19.4. The summed E-state index contributed by atoms with van der Waals surface area (Å²) in [5.74, 6) is 0.491. The highest BCUT2D eigenvalue weighted by Gasteiger charge is 2.26. The molecule has 0 aliphatic carbocycles. The molecule has 1 aliphatic rings. The zero-order valence-corrected chi connectivity index (χ0v) is 11.5. The number of rotatable bonds is 4. The van der Waals surface area contributed by atoms with Gasteiger partial charge in [0.05, 0.1) is 13.0 Å². The maximum atomic E-state index is 12.1. The van der Waals surface area contributed by atoms with Crippen molar-refractivity contribution in [2.24, 2.45) is 0 Å². The van der Waals surface area contributed by atoms with E-state index in [0.29, 0.717) is 5.75 Å². The van der Waals surface area contributed by atoms with E-state index < -0.39 is 12.6 Å². The minimum Gasteiger partial charge on any atom is -0.493 e. The standard InChI is InChI=1S/C14H19F3N2O/c1-11-10-12(20-9-4-14(15,16)17)2-3-13(11)19-7-5-18-6-8-19/h2-3,10,18H,4-9H2,1H3. The molecule has 0 atom stereocenters. The summed E-state index contributed by atoms with van der Waals surface area (Å²) in [5, 5.41) is 3.28. The molecule has 1 aliphatic heterocycles. The Bertz CT molecular complexity index is 443. The van der Waals surface area contributed by atoms with Gasteiger partial charge in [0.15, 0.2) is 0 Å². The van der Waals surface area contributed by atoms with Crippen LogP contribution in [0.1, 0.15) is 12.0 Å². The van der Waals surface area contributed by atoms with E-state index in [1.165, 1.54) is 0 Å². The molecule has 0 radical (unpaired) electrons. The van der Waals surface area contributed by atoms with Gasteiger partial charge in [0.25, 0.3) is 0 Å². The fourth-order valence-electron chi connectivity index (χ4n) is 2.26. The van der Waals surface area contributed by atoms with Crippen molar-refractivity contribution < 1.29 is 17.9 Å².